The van der Waals surface area contributed by atoms with Crippen LogP contribution in [0.4, 0.5) is 5.69 Å². The first kappa shape index (κ1) is 13.2. The second-order valence-corrected chi connectivity index (χ2v) is 5.21. The van der Waals surface area contributed by atoms with E-state index in [4.69, 9.17) is 9.47 Å². The van der Waals surface area contributed by atoms with Crippen LogP contribution in [0.2, 0.25) is 0 Å². The molecule has 4 heteroatoms. The molecule has 1 atom stereocenters. The van der Waals surface area contributed by atoms with E-state index < -0.39 is 0 Å². The smallest absolute Gasteiger partial charge is 0.119 e. The van der Waals surface area contributed by atoms with Gasteiger partial charge in [0, 0.05) is 29.9 Å². The van der Waals surface area contributed by atoms with E-state index >= 15 is 0 Å². The summed E-state index contributed by atoms with van der Waals surface area (Å²) in [5.74, 6) is 0.850. The molecule has 1 aliphatic heterocycles. The summed E-state index contributed by atoms with van der Waals surface area (Å²) in [6, 6.07) is 8.05. The van der Waals surface area contributed by atoms with Crippen LogP contribution in [-0.2, 0) is 4.74 Å². The number of aryl methyl sites for hydroxylation is 1. The van der Waals surface area contributed by atoms with Gasteiger partial charge >= 0.3 is 0 Å². The quantitative estimate of drug-likeness (QED) is 0.928. The molecule has 4 nitrogen and oxygen atoms in total. The maximum Gasteiger partial charge on any atom is 0.119 e. The monoisotopic (exact) mass is 272 g/mol. The fourth-order valence-corrected chi connectivity index (χ4v) is 2.64. The van der Waals surface area contributed by atoms with Crippen LogP contribution < -0.4 is 10.1 Å². The number of pyridine rings is 1. The molecule has 0 radical (unpaired) electrons. The van der Waals surface area contributed by atoms with E-state index in [0.717, 1.165) is 54.0 Å². The van der Waals surface area contributed by atoms with Crippen molar-refractivity contribution in [2.45, 2.75) is 25.9 Å². The van der Waals surface area contributed by atoms with Crippen LogP contribution >= 0.6 is 0 Å². The summed E-state index contributed by atoms with van der Waals surface area (Å²) < 4.78 is 11.0. The van der Waals surface area contributed by atoms with E-state index in [-0.39, 0.29) is 0 Å². The van der Waals surface area contributed by atoms with E-state index in [1.807, 2.05) is 25.1 Å². The molecular weight excluding hydrogens is 252 g/mol. The normalized spacial score (nSPS) is 18.4. The second kappa shape index (κ2) is 5.67. The highest BCUT2D eigenvalue weighted by Gasteiger charge is 2.15. The van der Waals surface area contributed by atoms with Gasteiger partial charge < -0.3 is 14.8 Å². The standard InChI is InChI=1S/C16H20N2O2/c1-11-8-16(17-10-13-4-3-7-20-13)14-9-12(19-2)5-6-15(14)18-11/h5-6,8-9,13H,3-4,7,10H2,1-2H3,(H,17,18)/t13-/m0/s1. The van der Waals surface area contributed by atoms with Crippen molar-refractivity contribution < 1.29 is 9.47 Å². The minimum absolute atomic E-state index is 0.323. The van der Waals surface area contributed by atoms with Gasteiger partial charge in [0.2, 0.25) is 0 Å². The van der Waals surface area contributed by atoms with Gasteiger partial charge in [0.05, 0.1) is 18.7 Å². The molecule has 1 aromatic carbocycles. The number of methoxy groups -OCH3 is 1. The summed E-state index contributed by atoms with van der Waals surface area (Å²) in [6.45, 7) is 3.74. The number of nitrogens with one attached hydrogen (secondary N) is 1. The van der Waals surface area contributed by atoms with Crippen molar-refractivity contribution in [3.05, 3.63) is 30.0 Å². The summed E-state index contributed by atoms with van der Waals surface area (Å²) in [5, 5.41) is 4.59. The first-order valence-corrected chi connectivity index (χ1v) is 7.07. The molecule has 1 saturated heterocycles. The number of fused-ring (bicyclic) bond motifs is 1. The summed E-state index contributed by atoms with van der Waals surface area (Å²) in [4.78, 5) is 4.56. The average Bonchev–Trinajstić information content (AvgIpc) is 2.97. The molecule has 1 aliphatic rings. The maximum atomic E-state index is 5.66. The lowest BCUT2D eigenvalue weighted by atomic mass is 10.1. The zero-order valence-electron chi connectivity index (χ0n) is 12.0. The lowest BCUT2D eigenvalue weighted by molar-refractivity contribution is 0.120. The van der Waals surface area contributed by atoms with Gasteiger partial charge in [-0.05, 0) is 44.0 Å². The van der Waals surface area contributed by atoms with Crippen LogP contribution in [0.3, 0.4) is 0 Å². The Bertz CT molecular complexity index is 607. The Morgan fingerprint density at radius 2 is 2.30 bits per heavy atom. The topological polar surface area (TPSA) is 43.4 Å². The third-order valence-electron chi connectivity index (χ3n) is 3.69. The largest absolute Gasteiger partial charge is 0.497 e. The molecule has 0 spiro atoms. The third kappa shape index (κ3) is 2.70. The van der Waals surface area contributed by atoms with Crippen LogP contribution in [0.5, 0.6) is 5.75 Å². The summed E-state index contributed by atoms with van der Waals surface area (Å²) in [7, 11) is 1.68. The molecular formula is C16H20N2O2. The molecule has 106 valence electrons. The Hall–Kier alpha value is -1.81. The Balaban J connectivity index is 1.90. The van der Waals surface area contributed by atoms with Gasteiger partial charge in [-0.2, -0.15) is 0 Å². The van der Waals surface area contributed by atoms with Gasteiger partial charge in [0.25, 0.3) is 0 Å². The molecule has 1 fully saturated rings. The fraction of sp³-hybridized carbons (Fsp3) is 0.438. The molecule has 1 N–H and O–H groups in total. The van der Waals surface area contributed by atoms with Crippen LogP contribution in [0.15, 0.2) is 24.3 Å². The number of anilines is 1. The minimum Gasteiger partial charge on any atom is -0.497 e. The summed E-state index contributed by atoms with van der Waals surface area (Å²) in [6.07, 6.45) is 2.62. The van der Waals surface area contributed by atoms with Crippen LogP contribution in [0, 0.1) is 6.92 Å². The number of ether oxygens (including phenoxy) is 2. The number of hydrogen-bond acceptors (Lipinski definition) is 4. The number of benzene rings is 1. The van der Waals surface area contributed by atoms with E-state index in [0.29, 0.717) is 6.10 Å². The number of aromatic nitrogens is 1. The highest BCUT2D eigenvalue weighted by molar-refractivity contribution is 5.92. The van der Waals surface area contributed by atoms with Gasteiger partial charge in [-0.15, -0.1) is 0 Å². The average molecular weight is 272 g/mol. The summed E-state index contributed by atoms with van der Waals surface area (Å²) in [5.41, 5.74) is 3.10. The molecule has 20 heavy (non-hydrogen) atoms. The molecule has 2 heterocycles. The van der Waals surface area contributed by atoms with Gasteiger partial charge in [0.1, 0.15) is 5.75 Å². The Kier molecular flexibility index (Phi) is 3.74. The van der Waals surface area contributed by atoms with Crippen molar-refractivity contribution >= 4 is 16.6 Å². The molecule has 0 bridgehead atoms. The Morgan fingerprint density at radius 1 is 1.40 bits per heavy atom. The predicted molar refractivity (Wildman–Crippen MR) is 80.5 cm³/mol. The second-order valence-electron chi connectivity index (χ2n) is 5.21. The third-order valence-corrected chi connectivity index (χ3v) is 3.69. The lowest BCUT2D eigenvalue weighted by Gasteiger charge is -2.15. The van der Waals surface area contributed by atoms with Crippen LogP contribution in [0.1, 0.15) is 18.5 Å². The lowest BCUT2D eigenvalue weighted by Crippen LogP contribution is -2.18. The number of nitrogens with zero attached hydrogens (tertiary/aromatic N) is 1. The Morgan fingerprint density at radius 3 is 3.05 bits per heavy atom. The molecule has 0 unspecified atom stereocenters. The van der Waals surface area contributed by atoms with Gasteiger partial charge in [-0.25, -0.2) is 0 Å². The van der Waals surface area contributed by atoms with Crippen LogP contribution in [-0.4, -0.2) is 31.3 Å². The Labute approximate surface area is 119 Å². The molecule has 0 amide bonds. The van der Waals surface area contributed by atoms with Gasteiger partial charge in [0.15, 0.2) is 0 Å². The number of hydrogen-bond donors (Lipinski definition) is 1. The van der Waals surface area contributed by atoms with Crippen LogP contribution in [0.25, 0.3) is 10.9 Å². The van der Waals surface area contributed by atoms with E-state index in [9.17, 15) is 0 Å². The minimum atomic E-state index is 0.323. The summed E-state index contributed by atoms with van der Waals surface area (Å²) >= 11 is 0. The first-order chi connectivity index (χ1) is 9.76. The highest BCUT2D eigenvalue weighted by atomic mass is 16.5. The molecule has 0 saturated carbocycles. The highest BCUT2D eigenvalue weighted by Crippen LogP contribution is 2.27. The SMILES string of the molecule is COc1ccc2nc(C)cc(NC[C@@H]3CCCO3)c2c1. The van der Waals surface area contributed by atoms with Crippen molar-refractivity contribution in [1.82, 2.24) is 4.98 Å². The zero-order chi connectivity index (χ0) is 13.9. The molecule has 3 rings (SSSR count). The van der Waals surface area contributed by atoms with Crippen molar-refractivity contribution in [3.63, 3.8) is 0 Å². The predicted octanol–water partition coefficient (Wildman–Crippen LogP) is 3.14. The van der Waals surface area contributed by atoms with E-state index in [1.165, 1.54) is 0 Å². The van der Waals surface area contributed by atoms with Gasteiger partial charge in [-0.3, -0.25) is 4.98 Å². The van der Waals surface area contributed by atoms with Crippen molar-refractivity contribution in [3.8, 4) is 5.75 Å². The van der Waals surface area contributed by atoms with Gasteiger partial charge in [-0.1, -0.05) is 0 Å². The molecule has 2 aromatic rings. The van der Waals surface area contributed by atoms with E-state index in [1.54, 1.807) is 7.11 Å². The zero-order valence-corrected chi connectivity index (χ0v) is 12.0. The molecule has 0 aliphatic carbocycles. The van der Waals surface area contributed by atoms with Crippen molar-refractivity contribution in [2.24, 2.45) is 0 Å². The van der Waals surface area contributed by atoms with Crippen molar-refractivity contribution in [1.29, 1.82) is 0 Å². The van der Waals surface area contributed by atoms with E-state index in [2.05, 4.69) is 16.4 Å². The maximum absolute atomic E-state index is 5.66. The fourth-order valence-electron chi connectivity index (χ4n) is 2.64. The first-order valence-electron chi connectivity index (χ1n) is 7.07. The number of rotatable bonds is 4. The molecule has 1 aromatic heterocycles. The van der Waals surface area contributed by atoms with Crippen molar-refractivity contribution in [2.75, 3.05) is 25.6 Å².